The van der Waals surface area contributed by atoms with E-state index in [1.807, 2.05) is 23.9 Å². The highest BCUT2D eigenvalue weighted by molar-refractivity contribution is 8.00. The number of hydrogen-bond donors (Lipinski definition) is 2. The van der Waals surface area contributed by atoms with Crippen molar-refractivity contribution in [3.8, 4) is 0 Å². The van der Waals surface area contributed by atoms with Crippen LogP contribution in [0.3, 0.4) is 0 Å². The summed E-state index contributed by atoms with van der Waals surface area (Å²) in [4.78, 5) is 4.02. The first-order chi connectivity index (χ1) is 7.27. The van der Waals surface area contributed by atoms with Crippen molar-refractivity contribution >= 4 is 17.6 Å². The molecule has 0 radical (unpaired) electrons. The van der Waals surface area contributed by atoms with E-state index in [9.17, 15) is 5.11 Å². The van der Waals surface area contributed by atoms with E-state index < -0.39 is 0 Å². The Kier molecular flexibility index (Phi) is 3.49. The lowest BCUT2D eigenvalue weighted by molar-refractivity contribution is 0.170. The summed E-state index contributed by atoms with van der Waals surface area (Å²) in [6.45, 7) is 0. The standard InChI is InChI=1S/C11H16N2OS/c12-11-8(3-1-5-13-11)7-9(14)10-4-2-6-15-10/h1,3,5,9-10,14H,2,4,6-7H2,(H2,12,13). The first-order valence-electron chi connectivity index (χ1n) is 5.26. The van der Waals surface area contributed by atoms with Gasteiger partial charge in [-0.25, -0.2) is 4.98 Å². The molecule has 2 atom stereocenters. The molecule has 2 heterocycles. The molecule has 0 bridgehead atoms. The largest absolute Gasteiger partial charge is 0.392 e. The summed E-state index contributed by atoms with van der Waals surface area (Å²) in [6.07, 6.45) is 4.34. The Morgan fingerprint density at radius 2 is 2.53 bits per heavy atom. The van der Waals surface area contributed by atoms with Crippen LogP contribution in [0.25, 0.3) is 0 Å². The normalized spacial score (nSPS) is 22.9. The minimum Gasteiger partial charge on any atom is -0.392 e. The van der Waals surface area contributed by atoms with Crippen molar-refractivity contribution in [3.63, 3.8) is 0 Å². The number of nitrogens with zero attached hydrogens (tertiary/aromatic N) is 1. The molecule has 1 aliphatic heterocycles. The van der Waals surface area contributed by atoms with Gasteiger partial charge in [0.2, 0.25) is 0 Å². The molecular weight excluding hydrogens is 208 g/mol. The zero-order chi connectivity index (χ0) is 10.7. The van der Waals surface area contributed by atoms with Crippen LogP contribution in [-0.4, -0.2) is 27.2 Å². The molecule has 4 heteroatoms. The molecule has 0 spiro atoms. The summed E-state index contributed by atoms with van der Waals surface area (Å²) in [7, 11) is 0. The maximum atomic E-state index is 10.0. The fourth-order valence-electron chi connectivity index (χ4n) is 1.89. The Morgan fingerprint density at radius 1 is 1.67 bits per heavy atom. The van der Waals surface area contributed by atoms with Crippen molar-refractivity contribution < 1.29 is 5.11 Å². The molecule has 82 valence electrons. The molecule has 1 aromatic heterocycles. The smallest absolute Gasteiger partial charge is 0.126 e. The summed E-state index contributed by atoms with van der Waals surface area (Å²) < 4.78 is 0. The number of thioether (sulfide) groups is 1. The topological polar surface area (TPSA) is 59.1 Å². The molecule has 3 N–H and O–H groups in total. The van der Waals surface area contributed by atoms with Gasteiger partial charge in [0.15, 0.2) is 0 Å². The number of nitrogen functional groups attached to an aromatic ring is 1. The van der Waals surface area contributed by atoms with Crippen LogP contribution >= 0.6 is 11.8 Å². The second-order valence-electron chi connectivity index (χ2n) is 3.87. The van der Waals surface area contributed by atoms with Gasteiger partial charge in [-0.15, -0.1) is 0 Å². The molecule has 15 heavy (non-hydrogen) atoms. The number of nitrogens with two attached hydrogens (primary N) is 1. The van der Waals surface area contributed by atoms with Crippen LogP contribution < -0.4 is 5.73 Å². The summed E-state index contributed by atoms with van der Waals surface area (Å²) in [6, 6.07) is 3.80. The van der Waals surface area contributed by atoms with Crippen molar-refractivity contribution in [3.05, 3.63) is 23.9 Å². The van der Waals surface area contributed by atoms with Gasteiger partial charge in [-0.3, -0.25) is 0 Å². The first kappa shape index (κ1) is 10.8. The van der Waals surface area contributed by atoms with E-state index in [1.165, 1.54) is 12.2 Å². The lowest BCUT2D eigenvalue weighted by Crippen LogP contribution is -2.23. The third kappa shape index (κ3) is 2.63. The second-order valence-corrected chi connectivity index (χ2v) is 5.22. The molecule has 3 nitrogen and oxygen atoms in total. The predicted octanol–water partition coefficient (Wildman–Crippen LogP) is 1.46. The number of anilines is 1. The Balaban J connectivity index is 1.99. The number of aliphatic hydroxyl groups is 1. The Bertz CT molecular complexity index is 326. The summed E-state index contributed by atoms with van der Waals surface area (Å²) in [5.41, 5.74) is 6.69. The first-order valence-corrected chi connectivity index (χ1v) is 6.31. The van der Waals surface area contributed by atoms with E-state index in [4.69, 9.17) is 5.73 Å². The number of aliphatic hydroxyl groups excluding tert-OH is 1. The van der Waals surface area contributed by atoms with Crippen LogP contribution in [0.5, 0.6) is 0 Å². The van der Waals surface area contributed by atoms with Crippen LogP contribution in [0, 0.1) is 0 Å². The molecule has 0 amide bonds. The molecule has 1 aromatic rings. The highest BCUT2D eigenvalue weighted by Gasteiger charge is 2.24. The van der Waals surface area contributed by atoms with Crippen molar-refractivity contribution in [2.24, 2.45) is 0 Å². The number of rotatable bonds is 3. The number of aromatic nitrogens is 1. The van der Waals surface area contributed by atoms with Gasteiger partial charge in [-0.05, 0) is 30.2 Å². The van der Waals surface area contributed by atoms with Gasteiger partial charge in [0.25, 0.3) is 0 Å². The molecule has 1 saturated heterocycles. The summed E-state index contributed by atoms with van der Waals surface area (Å²) in [5, 5.41) is 10.4. The van der Waals surface area contributed by atoms with E-state index in [-0.39, 0.29) is 6.10 Å². The van der Waals surface area contributed by atoms with E-state index >= 15 is 0 Å². The summed E-state index contributed by atoms with van der Waals surface area (Å²) >= 11 is 1.86. The van der Waals surface area contributed by atoms with E-state index in [0.29, 0.717) is 17.5 Å². The average molecular weight is 224 g/mol. The van der Waals surface area contributed by atoms with E-state index in [2.05, 4.69) is 4.98 Å². The third-order valence-electron chi connectivity index (χ3n) is 2.75. The van der Waals surface area contributed by atoms with Crippen molar-refractivity contribution in [1.82, 2.24) is 4.98 Å². The highest BCUT2D eigenvalue weighted by atomic mass is 32.2. The van der Waals surface area contributed by atoms with Gasteiger partial charge in [0.1, 0.15) is 5.82 Å². The fraction of sp³-hybridized carbons (Fsp3) is 0.545. The minimum atomic E-state index is -0.288. The molecule has 1 aliphatic rings. The maximum absolute atomic E-state index is 10.0. The average Bonchev–Trinajstić information content (AvgIpc) is 2.74. The Labute approximate surface area is 94.1 Å². The molecule has 1 fully saturated rings. The Morgan fingerprint density at radius 3 is 3.20 bits per heavy atom. The van der Waals surface area contributed by atoms with Gasteiger partial charge in [-0.1, -0.05) is 6.07 Å². The van der Waals surface area contributed by atoms with E-state index in [0.717, 1.165) is 12.0 Å². The van der Waals surface area contributed by atoms with Crippen molar-refractivity contribution in [1.29, 1.82) is 0 Å². The maximum Gasteiger partial charge on any atom is 0.126 e. The van der Waals surface area contributed by atoms with Crippen molar-refractivity contribution in [2.45, 2.75) is 30.6 Å². The van der Waals surface area contributed by atoms with Gasteiger partial charge < -0.3 is 10.8 Å². The second kappa shape index (κ2) is 4.86. The quantitative estimate of drug-likeness (QED) is 0.816. The highest BCUT2D eigenvalue weighted by Crippen LogP contribution is 2.30. The van der Waals surface area contributed by atoms with Gasteiger partial charge in [-0.2, -0.15) is 11.8 Å². The lowest BCUT2D eigenvalue weighted by Gasteiger charge is -2.17. The van der Waals surface area contributed by atoms with Crippen LogP contribution in [0.2, 0.25) is 0 Å². The minimum absolute atomic E-state index is 0.288. The predicted molar refractivity (Wildman–Crippen MR) is 63.8 cm³/mol. The monoisotopic (exact) mass is 224 g/mol. The van der Waals surface area contributed by atoms with Crippen LogP contribution in [0.4, 0.5) is 5.82 Å². The number of hydrogen-bond acceptors (Lipinski definition) is 4. The lowest BCUT2D eigenvalue weighted by atomic mass is 10.0. The van der Waals surface area contributed by atoms with Crippen LogP contribution in [0.1, 0.15) is 18.4 Å². The molecule has 0 aliphatic carbocycles. The zero-order valence-electron chi connectivity index (χ0n) is 8.60. The van der Waals surface area contributed by atoms with Crippen LogP contribution in [0.15, 0.2) is 18.3 Å². The van der Waals surface area contributed by atoms with E-state index in [1.54, 1.807) is 6.20 Å². The molecule has 2 unspecified atom stereocenters. The van der Waals surface area contributed by atoms with Crippen molar-refractivity contribution in [2.75, 3.05) is 11.5 Å². The zero-order valence-corrected chi connectivity index (χ0v) is 9.41. The fourth-order valence-corrected chi connectivity index (χ4v) is 3.17. The molecular formula is C11H16N2OS. The summed E-state index contributed by atoms with van der Waals surface area (Å²) in [5.74, 6) is 1.71. The third-order valence-corrected chi connectivity index (χ3v) is 4.25. The van der Waals surface area contributed by atoms with Gasteiger partial charge >= 0.3 is 0 Å². The molecule has 2 rings (SSSR count). The Hall–Kier alpha value is -0.740. The SMILES string of the molecule is Nc1ncccc1CC(O)C1CCCS1. The van der Waals surface area contributed by atoms with Crippen LogP contribution in [-0.2, 0) is 6.42 Å². The molecule has 0 saturated carbocycles. The van der Waals surface area contributed by atoms with Gasteiger partial charge in [0.05, 0.1) is 6.10 Å². The molecule has 0 aromatic carbocycles. The van der Waals surface area contributed by atoms with Gasteiger partial charge in [0, 0.05) is 17.9 Å². The number of pyridine rings is 1.